The molecule has 0 aromatic heterocycles. The van der Waals surface area contributed by atoms with E-state index in [0.717, 1.165) is 0 Å². The zero-order chi connectivity index (χ0) is 22.8. The number of carbonyl (C=O) groups excluding carboxylic acids is 1. The molecule has 0 unspecified atom stereocenters. The molecule has 1 amide bonds. The number of nitrogens with one attached hydrogen (secondary N) is 1. The number of amides is 1. The van der Waals surface area contributed by atoms with Crippen molar-refractivity contribution in [1.29, 1.82) is 0 Å². The molecule has 0 saturated carbocycles. The molecular weight excluding hydrogens is 416 g/mol. The largest absolute Gasteiger partial charge is 0.497 e. The molecule has 0 radical (unpaired) electrons. The molecule has 8 heteroatoms. The number of benzene rings is 2. The van der Waals surface area contributed by atoms with Crippen LogP contribution in [-0.2, 0) is 14.8 Å². The Bertz CT molecular complexity index is 1010. The Labute approximate surface area is 184 Å². The molecule has 1 heterocycles. The van der Waals surface area contributed by atoms with Gasteiger partial charge in [-0.3, -0.25) is 9.10 Å². The number of rotatable bonds is 7. The van der Waals surface area contributed by atoms with E-state index in [1.807, 2.05) is 27.7 Å². The molecule has 0 aliphatic carbocycles. The quantitative estimate of drug-likeness (QED) is 0.704. The number of sulfonamides is 1. The van der Waals surface area contributed by atoms with Gasteiger partial charge in [-0.1, -0.05) is 39.8 Å². The molecule has 2 aromatic carbocycles. The smallest absolute Gasteiger partial charge is 0.264 e. The van der Waals surface area contributed by atoms with Crippen molar-refractivity contribution < 1.29 is 22.7 Å². The van der Waals surface area contributed by atoms with Crippen LogP contribution in [0.3, 0.4) is 0 Å². The van der Waals surface area contributed by atoms with Crippen molar-refractivity contribution in [3.05, 3.63) is 48.5 Å². The van der Waals surface area contributed by atoms with Crippen LogP contribution in [0.5, 0.6) is 11.5 Å². The van der Waals surface area contributed by atoms with Gasteiger partial charge >= 0.3 is 0 Å². The monoisotopic (exact) mass is 446 g/mol. The van der Waals surface area contributed by atoms with Crippen LogP contribution in [0, 0.1) is 11.8 Å². The van der Waals surface area contributed by atoms with Gasteiger partial charge in [-0.15, -0.1) is 0 Å². The first-order chi connectivity index (χ1) is 14.6. The zero-order valence-electron chi connectivity index (χ0n) is 18.5. The van der Waals surface area contributed by atoms with Crippen molar-refractivity contribution >= 4 is 21.6 Å². The molecule has 1 aliphatic rings. The van der Waals surface area contributed by atoms with Crippen LogP contribution in [0.25, 0.3) is 0 Å². The summed E-state index contributed by atoms with van der Waals surface area (Å²) in [6, 6.07) is 13.0. The molecule has 31 heavy (non-hydrogen) atoms. The van der Waals surface area contributed by atoms with Crippen LogP contribution in [0.15, 0.2) is 53.4 Å². The number of para-hydroxylation sites is 2. The van der Waals surface area contributed by atoms with Crippen molar-refractivity contribution in [2.24, 2.45) is 11.8 Å². The van der Waals surface area contributed by atoms with E-state index in [1.54, 1.807) is 36.4 Å². The fraction of sp³-hybridized carbons (Fsp3) is 0.435. The summed E-state index contributed by atoms with van der Waals surface area (Å²) in [6.45, 7) is 8.07. The molecular formula is C23H30N2O5S. The first-order valence-corrected chi connectivity index (χ1v) is 11.8. The maximum atomic E-state index is 13.5. The molecule has 168 valence electrons. The van der Waals surface area contributed by atoms with Crippen LogP contribution in [-0.4, -0.2) is 40.1 Å². The Kier molecular flexibility index (Phi) is 6.79. The highest BCUT2D eigenvalue weighted by molar-refractivity contribution is 7.92. The highest BCUT2D eigenvalue weighted by Gasteiger charge is 2.38. The zero-order valence-corrected chi connectivity index (χ0v) is 19.3. The molecule has 0 bridgehead atoms. The molecule has 7 nitrogen and oxygen atoms in total. The van der Waals surface area contributed by atoms with Crippen LogP contribution >= 0.6 is 0 Å². The van der Waals surface area contributed by atoms with Gasteiger partial charge in [0.2, 0.25) is 0 Å². The third-order valence-electron chi connectivity index (χ3n) is 5.42. The van der Waals surface area contributed by atoms with Gasteiger partial charge in [-0.05, 0) is 48.2 Å². The van der Waals surface area contributed by atoms with Crippen molar-refractivity contribution in [2.45, 2.75) is 44.7 Å². The predicted molar refractivity (Wildman–Crippen MR) is 120 cm³/mol. The van der Waals surface area contributed by atoms with E-state index >= 15 is 0 Å². The standard InChI is InChI=1S/C23H30N2O5S/c1-15(2)22(16(3)4)24-23(26)21-14-25(19-8-6-7-9-20(19)30-21)31(27,28)18-12-10-17(29-5)11-13-18/h6-13,15-16,21-22H,14H2,1-5H3,(H,24,26)/t21-/m1/s1. The van der Waals surface area contributed by atoms with E-state index in [9.17, 15) is 13.2 Å². The summed E-state index contributed by atoms with van der Waals surface area (Å²) in [7, 11) is -2.39. The minimum atomic E-state index is -3.91. The second-order valence-corrected chi connectivity index (χ2v) is 10.2. The Morgan fingerprint density at radius 2 is 1.68 bits per heavy atom. The van der Waals surface area contributed by atoms with Crippen molar-refractivity contribution in [2.75, 3.05) is 18.0 Å². The maximum Gasteiger partial charge on any atom is 0.264 e. The number of hydrogen-bond donors (Lipinski definition) is 1. The Morgan fingerprint density at radius 1 is 1.06 bits per heavy atom. The number of hydrogen-bond acceptors (Lipinski definition) is 5. The number of anilines is 1. The first kappa shape index (κ1) is 22.9. The highest BCUT2D eigenvalue weighted by Crippen LogP contribution is 2.37. The summed E-state index contributed by atoms with van der Waals surface area (Å²) < 4.78 is 39.2. The van der Waals surface area contributed by atoms with Gasteiger partial charge in [0, 0.05) is 6.04 Å². The highest BCUT2D eigenvalue weighted by atomic mass is 32.2. The summed E-state index contributed by atoms with van der Waals surface area (Å²) in [6.07, 6.45) is -0.956. The van der Waals surface area contributed by atoms with Crippen molar-refractivity contribution in [3.63, 3.8) is 0 Å². The summed E-state index contributed by atoms with van der Waals surface area (Å²) in [5.41, 5.74) is 0.409. The topological polar surface area (TPSA) is 84.9 Å². The Balaban J connectivity index is 1.94. The van der Waals surface area contributed by atoms with E-state index in [-0.39, 0.29) is 35.2 Å². The fourth-order valence-electron chi connectivity index (χ4n) is 3.80. The van der Waals surface area contributed by atoms with Gasteiger partial charge in [0.1, 0.15) is 11.5 Å². The number of ether oxygens (including phenoxy) is 2. The molecule has 2 aromatic rings. The number of nitrogens with zero attached hydrogens (tertiary/aromatic N) is 1. The van der Waals surface area contributed by atoms with E-state index in [4.69, 9.17) is 9.47 Å². The van der Waals surface area contributed by atoms with Gasteiger partial charge in [0.15, 0.2) is 6.10 Å². The second-order valence-electron chi connectivity index (χ2n) is 8.31. The van der Waals surface area contributed by atoms with Crippen molar-refractivity contribution in [1.82, 2.24) is 5.32 Å². The third kappa shape index (κ3) is 4.79. The van der Waals surface area contributed by atoms with Crippen LogP contribution < -0.4 is 19.1 Å². The van der Waals surface area contributed by atoms with Gasteiger partial charge in [-0.2, -0.15) is 0 Å². The Morgan fingerprint density at radius 3 is 2.26 bits per heavy atom. The van der Waals surface area contributed by atoms with Gasteiger partial charge < -0.3 is 14.8 Å². The van der Waals surface area contributed by atoms with Gasteiger partial charge in [-0.25, -0.2) is 8.42 Å². The summed E-state index contributed by atoms with van der Waals surface area (Å²) in [5, 5.41) is 3.04. The molecule has 1 atom stereocenters. The van der Waals surface area contributed by atoms with E-state index in [0.29, 0.717) is 17.2 Å². The van der Waals surface area contributed by atoms with E-state index < -0.39 is 16.1 Å². The lowest BCUT2D eigenvalue weighted by Crippen LogP contribution is -2.54. The fourth-order valence-corrected chi connectivity index (χ4v) is 5.28. The minimum absolute atomic E-state index is 0.0417. The lowest BCUT2D eigenvalue weighted by atomic mass is 9.93. The van der Waals surface area contributed by atoms with Crippen LogP contribution in [0.2, 0.25) is 0 Å². The SMILES string of the molecule is COc1ccc(S(=O)(=O)N2C[C@H](C(=O)NC(C(C)C)C(C)C)Oc3ccccc32)cc1. The lowest BCUT2D eigenvalue weighted by molar-refractivity contribution is -0.129. The number of fused-ring (bicyclic) bond motifs is 1. The maximum absolute atomic E-state index is 13.5. The number of methoxy groups -OCH3 is 1. The van der Waals surface area contributed by atoms with Crippen molar-refractivity contribution in [3.8, 4) is 11.5 Å². The third-order valence-corrected chi connectivity index (χ3v) is 7.21. The average molecular weight is 447 g/mol. The second kappa shape index (κ2) is 9.18. The lowest BCUT2D eigenvalue weighted by Gasteiger charge is -2.36. The normalized spacial score (nSPS) is 16.3. The Hall–Kier alpha value is -2.74. The van der Waals surface area contributed by atoms with Gasteiger partial charge in [0.25, 0.3) is 15.9 Å². The van der Waals surface area contributed by atoms with Gasteiger partial charge in [0.05, 0.1) is 24.2 Å². The van der Waals surface area contributed by atoms with Crippen LogP contribution in [0.1, 0.15) is 27.7 Å². The molecule has 0 saturated heterocycles. The first-order valence-electron chi connectivity index (χ1n) is 10.4. The molecule has 0 fully saturated rings. The molecule has 1 aliphatic heterocycles. The summed E-state index contributed by atoms with van der Waals surface area (Å²) in [4.78, 5) is 13.2. The van der Waals surface area contributed by atoms with E-state index in [1.165, 1.54) is 23.5 Å². The van der Waals surface area contributed by atoms with Crippen LogP contribution in [0.4, 0.5) is 5.69 Å². The molecule has 1 N–H and O–H groups in total. The number of carbonyl (C=O) groups is 1. The summed E-state index contributed by atoms with van der Waals surface area (Å²) in [5.74, 6) is 1.07. The minimum Gasteiger partial charge on any atom is -0.497 e. The predicted octanol–water partition coefficient (Wildman–Crippen LogP) is 3.45. The molecule has 3 rings (SSSR count). The molecule has 0 spiro atoms. The average Bonchev–Trinajstić information content (AvgIpc) is 2.75. The summed E-state index contributed by atoms with van der Waals surface area (Å²) >= 11 is 0. The van der Waals surface area contributed by atoms with E-state index in [2.05, 4.69) is 5.32 Å².